The van der Waals surface area contributed by atoms with Crippen molar-refractivity contribution in [2.24, 2.45) is 5.92 Å². The van der Waals surface area contributed by atoms with Gasteiger partial charge in [-0.05, 0) is 25.8 Å². The average molecular weight is 390 g/mol. The van der Waals surface area contributed by atoms with Crippen molar-refractivity contribution in [3.63, 3.8) is 0 Å². The molecule has 0 aromatic carbocycles. The maximum Gasteiger partial charge on any atom is 0.303 e. The predicted molar refractivity (Wildman–Crippen MR) is 86.7 cm³/mol. The van der Waals surface area contributed by atoms with Crippen molar-refractivity contribution in [1.82, 2.24) is 0 Å². The van der Waals surface area contributed by atoms with Crippen LogP contribution in [0.15, 0.2) is 12.3 Å². The SMILES string of the molecule is CC(=O)O[C@@]1(C)CC[C@]2(O)C=CO[C@@H](O[C@@H]3O[C@H](CO)[C@@H](O)[C@H](O)[C@H]3O)[C@@H]21. The van der Waals surface area contributed by atoms with Gasteiger partial charge in [-0.3, -0.25) is 4.79 Å². The second-order valence-corrected chi connectivity index (χ2v) is 7.52. The summed E-state index contributed by atoms with van der Waals surface area (Å²) in [6.45, 7) is 2.31. The number of rotatable bonds is 4. The summed E-state index contributed by atoms with van der Waals surface area (Å²) in [6, 6.07) is 0. The molecule has 0 unspecified atom stereocenters. The van der Waals surface area contributed by atoms with E-state index in [-0.39, 0.29) is 0 Å². The van der Waals surface area contributed by atoms with Gasteiger partial charge in [-0.1, -0.05) is 0 Å². The monoisotopic (exact) mass is 390 g/mol. The lowest BCUT2D eigenvalue weighted by atomic mass is 9.81. The molecule has 5 N–H and O–H groups in total. The lowest BCUT2D eigenvalue weighted by Crippen LogP contribution is -2.61. The quantitative estimate of drug-likeness (QED) is 0.345. The summed E-state index contributed by atoms with van der Waals surface area (Å²) in [5.41, 5.74) is -2.45. The minimum atomic E-state index is -1.62. The highest BCUT2D eigenvalue weighted by Gasteiger charge is 2.62. The molecule has 1 saturated heterocycles. The molecule has 9 atom stereocenters. The molecule has 0 amide bonds. The lowest BCUT2D eigenvalue weighted by molar-refractivity contribution is -0.350. The van der Waals surface area contributed by atoms with Gasteiger partial charge in [-0.25, -0.2) is 0 Å². The molecule has 10 heteroatoms. The van der Waals surface area contributed by atoms with E-state index in [0.29, 0.717) is 12.8 Å². The first-order chi connectivity index (χ1) is 12.6. The van der Waals surface area contributed by atoms with E-state index in [2.05, 4.69) is 0 Å². The third kappa shape index (κ3) is 3.58. The highest BCUT2D eigenvalue weighted by Crippen LogP contribution is 2.51. The molecule has 0 radical (unpaired) electrons. The van der Waals surface area contributed by atoms with Gasteiger partial charge in [-0.2, -0.15) is 0 Å². The number of carbonyl (C=O) groups excluding carboxylic acids is 1. The summed E-state index contributed by atoms with van der Waals surface area (Å²) in [7, 11) is 0. The van der Waals surface area contributed by atoms with Crippen molar-refractivity contribution in [1.29, 1.82) is 0 Å². The Morgan fingerprint density at radius 1 is 1.19 bits per heavy atom. The van der Waals surface area contributed by atoms with E-state index in [9.17, 15) is 30.3 Å². The van der Waals surface area contributed by atoms with E-state index >= 15 is 0 Å². The summed E-state index contributed by atoms with van der Waals surface area (Å²) < 4.78 is 21.9. The number of esters is 1. The Morgan fingerprint density at radius 2 is 1.89 bits per heavy atom. The minimum Gasteiger partial charge on any atom is -0.472 e. The van der Waals surface area contributed by atoms with Crippen LogP contribution in [0.5, 0.6) is 0 Å². The molecule has 0 spiro atoms. The van der Waals surface area contributed by atoms with Crippen LogP contribution in [0.2, 0.25) is 0 Å². The molecule has 0 aromatic heterocycles. The van der Waals surface area contributed by atoms with Gasteiger partial charge in [0, 0.05) is 6.92 Å². The van der Waals surface area contributed by atoms with Crippen LogP contribution in [0.4, 0.5) is 0 Å². The van der Waals surface area contributed by atoms with Gasteiger partial charge in [-0.15, -0.1) is 0 Å². The smallest absolute Gasteiger partial charge is 0.303 e. The van der Waals surface area contributed by atoms with Crippen LogP contribution in [0.1, 0.15) is 26.7 Å². The third-order valence-corrected chi connectivity index (χ3v) is 5.55. The standard InChI is InChI=1S/C17H26O10/c1-8(19)27-16(2)3-4-17(23)5-6-24-15(13(16)17)26-14-12(22)11(21)10(20)9(7-18)25-14/h5-6,9-15,18,20-23H,3-4,7H2,1-2H3/t9-,10-,11+,12-,13-,14+,15+,16+,17+/m1/s1. The van der Waals surface area contributed by atoms with E-state index in [1.807, 2.05) is 0 Å². The Kier molecular flexibility index (Phi) is 5.52. The molecular weight excluding hydrogens is 364 g/mol. The number of aliphatic hydroxyl groups is 5. The summed E-state index contributed by atoms with van der Waals surface area (Å²) in [6.07, 6.45) is -5.14. The van der Waals surface area contributed by atoms with E-state index in [0.717, 1.165) is 0 Å². The first-order valence-corrected chi connectivity index (χ1v) is 8.82. The Bertz CT molecular complexity index is 594. The Morgan fingerprint density at radius 3 is 2.52 bits per heavy atom. The Labute approximate surface area is 155 Å². The maximum atomic E-state index is 11.5. The van der Waals surface area contributed by atoms with Crippen molar-refractivity contribution in [2.75, 3.05) is 6.61 Å². The number of ether oxygens (including phenoxy) is 4. The zero-order valence-electron chi connectivity index (χ0n) is 15.1. The second kappa shape index (κ2) is 7.28. The van der Waals surface area contributed by atoms with Crippen LogP contribution in [0.25, 0.3) is 0 Å². The second-order valence-electron chi connectivity index (χ2n) is 7.52. The molecule has 1 aliphatic carbocycles. The number of hydrogen-bond acceptors (Lipinski definition) is 10. The fourth-order valence-corrected chi connectivity index (χ4v) is 4.18. The van der Waals surface area contributed by atoms with Gasteiger partial charge in [0.2, 0.25) is 6.29 Å². The van der Waals surface area contributed by atoms with Gasteiger partial charge >= 0.3 is 5.97 Å². The van der Waals surface area contributed by atoms with Crippen LogP contribution in [0, 0.1) is 5.92 Å². The highest BCUT2D eigenvalue weighted by atomic mass is 16.8. The number of carbonyl (C=O) groups is 1. The molecular formula is C17H26O10. The Hall–Kier alpha value is -1.27. The number of fused-ring (bicyclic) bond motifs is 1. The maximum absolute atomic E-state index is 11.5. The van der Waals surface area contributed by atoms with Crippen molar-refractivity contribution in [3.8, 4) is 0 Å². The topological polar surface area (TPSA) is 155 Å². The number of aliphatic hydroxyl groups excluding tert-OH is 4. The van der Waals surface area contributed by atoms with Crippen molar-refractivity contribution < 1.29 is 49.3 Å². The summed E-state index contributed by atoms with van der Waals surface area (Å²) in [5.74, 6) is -1.35. The van der Waals surface area contributed by atoms with Gasteiger partial charge in [0.25, 0.3) is 0 Å². The first kappa shape index (κ1) is 20.5. The largest absolute Gasteiger partial charge is 0.472 e. The zero-order valence-corrected chi connectivity index (χ0v) is 15.1. The van der Waals surface area contributed by atoms with E-state index < -0.39 is 66.7 Å². The van der Waals surface area contributed by atoms with Gasteiger partial charge in [0.15, 0.2) is 6.29 Å². The molecule has 3 rings (SSSR count). The molecule has 2 aliphatic heterocycles. The van der Waals surface area contributed by atoms with Crippen LogP contribution in [-0.2, 0) is 23.7 Å². The van der Waals surface area contributed by atoms with Crippen LogP contribution in [-0.4, -0.2) is 86.3 Å². The molecule has 154 valence electrons. The Balaban J connectivity index is 1.83. The van der Waals surface area contributed by atoms with Crippen LogP contribution in [0.3, 0.4) is 0 Å². The van der Waals surface area contributed by atoms with Crippen molar-refractivity contribution in [3.05, 3.63) is 12.3 Å². The molecule has 0 aromatic rings. The minimum absolute atomic E-state index is 0.301. The summed E-state index contributed by atoms with van der Waals surface area (Å²) in [5, 5.41) is 50.2. The summed E-state index contributed by atoms with van der Waals surface area (Å²) in [4.78, 5) is 11.5. The van der Waals surface area contributed by atoms with E-state index in [4.69, 9.17) is 18.9 Å². The average Bonchev–Trinajstić information content (AvgIpc) is 2.86. The molecule has 10 nitrogen and oxygen atoms in total. The third-order valence-electron chi connectivity index (χ3n) is 5.55. The normalized spacial score (nSPS) is 49.4. The lowest BCUT2D eigenvalue weighted by Gasteiger charge is -2.45. The van der Waals surface area contributed by atoms with E-state index in [1.54, 1.807) is 6.92 Å². The van der Waals surface area contributed by atoms with Gasteiger partial charge in [0.1, 0.15) is 30.0 Å². The molecule has 0 bridgehead atoms. The molecule has 2 heterocycles. The fraction of sp³-hybridized carbons (Fsp3) is 0.824. The highest BCUT2D eigenvalue weighted by molar-refractivity contribution is 5.66. The molecule has 1 saturated carbocycles. The number of hydrogen-bond donors (Lipinski definition) is 5. The molecule has 2 fully saturated rings. The van der Waals surface area contributed by atoms with Crippen LogP contribution >= 0.6 is 0 Å². The van der Waals surface area contributed by atoms with E-state index in [1.165, 1.54) is 19.3 Å². The van der Waals surface area contributed by atoms with Crippen molar-refractivity contribution >= 4 is 5.97 Å². The van der Waals surface area contributed by atoms with Crippen LogP contribution < -0.4 is 0 Å². The predicted octanol–water partition coefficient (Wildman–Crippen LogP) is -1.86. The van der Waals surface area contributed by atoms with Gasteiger partial charge < -0.3 is 44.5 Å². The van der Waals surface area contributed by atoms with Gasteiger partial charge in [0.05, 0.1) is 24.4 Å². The van der Waals surface area contributed by atoms with Crippen molar-refractivity contribution in [2.45, 2.75) is 74.9 Å². The summed E-state index contributed by atoms with van der Waals surface area (Å²) >= 11 is 0. The first-order valence-electron chi connectivity index (χ1n) is 8.82. The molecule has 3 aliphatic rings. The fourth-order valence-electron chi connectivity index (χ4n) is 4.18. The zero-order chi connectivity index (χ0) is 20.0. The molecule has 27 heavy (non-hydrogen) atoms.